The average molecular weight is 196 g/mol. The number of rotatable bonds is 2. The van der Waals surface area contributed by atoms with E-state index in [2.05, 4.69) is 15.0 Å². The SMILES string of the molecule is O=c1[nH]c2nc[nH]c2c(=O)n1CCO. The average Bonchev–Trinajstić information content (AvgIpc) is 2.60. The highest BCUT2D eigenvalue weighted by Gasteiger charge is 2.07. The molecule has 0 radical (unpaired) electrons. The topological polar surface area (TPSA) is 104 Å². The number of fused-ring (bicyclic) bond motifs is 1. The zero-order valence-electron chi connectivity index (χ0n) is 7.15. The van der Waals surface area contributed by atoms with Crippen LogP contribution in [0.4, 0.5) is 0 Å². The number of imidazole rings is 1. The van der Waals surface area contributed by atoms with Crippen LogP contribution in [-0.4, -0.2) is 31.2 Å². The first-order valence-corrected chi connectivity index (χ1v) is 4.01. The summed E-state index contributed by atoms with van der Waals surface area (Å²) in [5.74, 6) is 0. The second kappa shape index (κ2) is 3.11. The van der Waals surface area contributed by atoms with E-state index in [9.17, 15) is 9.59 Å². The molecule has 0 atom stereocenters. The minimum atomic E-state index is -0.566. The summed E-state index contributed by atoms with van der Waals surface area (Å²) >= 11 is 0. The van der Waals surface area contributed by atoms with Gasteiger partial charge in [-0.1, -0.05) is 0 Å². The van der Waals surface area contributed by atoms with Gasteiger partial charge in [0.05, 0.1) is 19.5 Å². The van der Waals surface area contributed by atoms with Crippen LogP contribution in [0, 0.1) is 0 Å². The van der Waals surface area contributed by atoms with Crippen LogP contribution in [0.5, 0.6) is 0 Å². The first kappa shape index (κ1) is 8.70. The van der Waals surface area contributed by atoms with Gasteiger partial charge in [-0.15, -0.1) is 0 Å². The molecule has 0 saturated heterocycles. The second-order valence-corrected chi connectivity index (χ2v) is 2.74. The highest BCUT2D eigenvalue weighted by atomic mass is 16.3. The fourth-order valence-electron chi connectivity index (χ4n) is 1.25. The normalized spacial score (nSPS) is 10.9. The van der Waals surface area contributed by atoms with Gasteiger partial charge in [-0.2, -0.15) is 0 Å². The van der Waals surface area contributed by atoms with Gasteiger partial charge in [-0.3, -0.25) is 14.3 Å². The molecule has 2 aromatic rings. The Bertz CT molecular complexity index is 564. The van der Waals surface area contributed by atoms with E-state index in [0.717, 1.165) is 4.57 Å². The molecule has 0 aliphatic heterocycles. The van der Waals surface area contributed by atoms with Crippen molar-refractivity contribution in [3.63, 3.8) is 0 Å². The third kappa shape index (κ3) is 1.14. The molecule has 0 unspecified atom stereocenters. The third-order valence-corrected chi connectivity index (χ3v) is 1.89. The van der Waals surface area contributed by atoms with Gasteiger partial charge in [-0.25, -0.2) is 9.78 Å². The molecule has 7 nitrogen and oxygen atoms in total. The summed E-state index contributed by atoms with van der Waals surface area (Å²) in [7, 11) is 0. The van der Waals surface area contributed by atoms with Crippen molar-refractivity contribution < 1.29 is 5.11 Å². The van der Waals surface area contributed by atoms with Gasteiger partial charge in [0.1, 0.15) is 5.52 Å². The first-order valence-electron chi connectivity index (χ1n) is 4.01. The molecule has 0 aliphatic carbocycles. The molecule has 0 amide bonds. The van der Waals surface area contributed by atoms with Gasteiger partial charge in [0.25, 0.3) is 5.56 Å². The smallest absolute Gasteiger partial charge is 0.330 e. The van der Waals surface area contributed by atoms with E-state index in [0.29, 0.717) is 0 Å². The van der Waals surface area contributed by atoms with Gasteiger partial charge in [0.15, 0.2) is 5.65 Å². The van der Waals surface area contributed by atoms with Crippen molar-refractivity contribution in [3.05, 3.63) is 27.2 Å². The Labute approximate surface area is 77.0 Å². The Morgan fingerprint density at radius 3 is 3.00 bits per heavy atom. The lowest BCUT2D eigenvalue weighted by molar-refractivity contribution is 0.272. The molecule has 3 N–H and O–H groups in total. The molecule has 0 saturated carbocycles. The standard InChI is InChI=1S/C7H8N4O3/c12-2-1-11-6(13)4-5(9-3-8-4)10-7(11)14/h3,12H,1-2H2,(H,8,9)(H,10,14). The van der Waals surface area contributed by atoms with Crippen LogP contribution in [-0.2, 0) is 6.54 Å². The summed E-state index contributed by atoms with van der Waals surface area (Å²) in [4.78, 5) is 31.6. The van der Waals surface area contributed by atoms with Crippen LogP contribution >= 0.6 is 0 Å². The largest absolute Gasteiger partial charge is 0.395 e. The summed E-state index contributed by atoms with van der Waals surface area (Å²) < 4.78 is 0.917. The summed E-state index contributed by atoms with van der Waals surface area (Å²) in [6.45, 7) is -0.286. The molecule has 0 fully saturated rings. The molecule has 74 valence electrons. The highest BCUT2D eigenvalue weighted by molar-refractivity contribution is 5.67. The fraction of sp³-hybridized carbons (Fsp3) is 0.286. The van der Waals surface area contributed by atoms with E-state index < -0.39 is 11.2 Å². The number of nitrogens with one attached hydrogen (secondary N) is 2. The number of aromatic nitrogens is 4. The fourth-order valence-corrected chi connectivity index (χ4v) is 1.25. The quantitative estimate of drug-likeness (QED) is 0.538. The van der Waals surface area contributed by atoms with Gasteiger partial charge >= 0.3 is 5.69 Å². The molecule has 2 heterocycles. The number of aliphatic hydroxyl groups is 1. The predicted molar refractivity (Wildman–Crippen MR) is 48.1 cm³/mol. The van der Waals surface area contributed by atoms with Crippen LogP contribution in [0.25, 0.3) is 11.2 Å². The maximum absolute atomic E-state index is 11.6. The minimum Gasteiger partial charge on any atom is -0.395 e. The zero-order chi connectivity index (χ0) is 10.1. The number of aliphatic hydroxyl groups excluding tert-OH is 1. The number of aromatic amines is 2. The maximum Gasteiger partial charge on any atom is 0.330 e. The number of H-pyrrole nitrogens is 2. The molecular formula is C7H8N4O3. The third-order valence-electron chi connectivity index (χ3n) is 1.89. The van der Waals surface area contributed by atoms with Crippen molar-refractivity contribution in [2.45, 2.75) is 6.54 Å². The number of nitrogens with zero attached hydrogens (tertiary/aromatic N) is 2. The minimum absolute atomic E-state index is 0.0247. The Kier molecular flexibility index (Phi) is 1.93. The van der Waals surface area contributed by atoms with Gasteiger partial charge in [-0.05, 0) is 0 Å². The highest BCUT2D eigenvalue weighted by Crippen LogP contribution is 1.94. The van der Waals surface area contributed by atoms with E-state index in [1.807, 2.05) is 0 Å². The lowest BCUT2D eigenvalue weighted by Crippen LogP contribution is -2.36. The maximum atomic E-state index is 11.6. The van der Waals surface area contributed by atoms with E-state index in [4.69, 9.17) is 5.11 Å². The van der Waals surface area contributed by atoms with Crippen LogP contribution in [0.3, 0.4) is 0 Å². The van der Waals surface area contributed by atoms with Crippen LogP contribution in [0.15, 0.2) is 15.9 Å². The molecule has 0 bridgehead atoms. The Balaban J connectivity index is 2.83. The Morgan fingerprint density at radius 1 is 1.50 bits per heavy atom. The molecule has 0 aliphatic rings. The Hall–Kier alpha value is -1.89. The van der Waals surface area contributed by atoms with Gasteiger partial charge in [0, 0.05) is 0 Å². The van der Waals surface area contributed by atoms with Gasteiger partial charge < -0.3 is 10.1 Å². The van der Waals surface area contributed by atoms with Crippen LogP contribution in [0.2, 0.25) is 0 Å². The number of hydrogen-bond donors (Lipinski definition) is 3. The first-order chi connectivity index (χ1) is 6.74. The summed E-state index contributed by atoms with van der Waals surface area (Å²) in [6, 6.07) is 0. The van der Waals surface area contributed by atoms with Crippen LogP contribution < -0.4 is 11.2 Å². The molecule has 14 heavy (non-hydrogen) atoms. The predicted octanol–water partition coefficient (Wildman–Crippen LogP) is -1.59. The van der Waals surface area contributed by atoms with Crippen molar-refractivity contribution in [3.8, 4) is 0 Å². The van der Waals surface area contributed by atoms with Gasteiger partial charge in [0.2, 0.25) is 0 Å². The number of hydrogen-bond acceptors (Lipinski definition) is 4. The van der Waals surface area contributed by atoms with Crippen molar-refractivity contribution >= 4 is 11.2 Å². The summed E-state index contributed by atoms with van der Waals surface area (Å²) in [5.41, 5.74) is -0.578. The molecule has 7 heteroatoms. The van der Waals surface area contributed by atoms with E-state index >= 15 is 0 Å². The molecule has 0 spiro atoms. The molecular weight excluding hydrogens is 188 g/mol. The van der Waals surface area contributed by atoms with E-state index in [1.54, 1.807) is 0 Å². The second-order valence-electron chi connectivity index (χ2n) is 2.74. The summed E-state index contributed by atoms with van der Waals surface area (Å²) in [6.07, 6.45) is 1.32. The summed E-state index contributed by atoms with van der Waals surface area (Å²) in [5, 5.41) is 8.65. The monoisotopic (exact) mass is 196 g/mol. The van der Waals surface area contributed by atoms with Crippen LogP contribution in [0.1, 0.15) is 0 Å². The molecule has 2 rings (SSSR count). The lowest BCUT2D eigenvalue weighted by atomic mass is 10.5. The molecule has 0 aromatic carbocycles. The van der Waals surface area contributed by atoms with Crippen molar-refractivity contribution in [2.75, 3.05) is 6.61 Å². The zero-order valence-corrected chi connectivity index (χ0v) is 7.15. The van der Waals surface area contributed by atoms with E-state index in [1.165, 1.54) is 6.33 Å². The van der Waals surface area contributed by atoms with E-state index in [-0.39, 0.29) is 24.3 Å². The molecule has 2 aromatic heterocycles. The van der Waals surface area contributed by atoms with Crippen molar-refractivity contribution in [1.82, 2.24) is 19.5 Å². The lowest BCUT2D eigenvalue weighted by Gasteiger charge is -2.00. The van der Waals surface area contributed by atoms with Crippen molar-refractivity contribution in [2.24, 2.45) is 0 Å². The van der Waals surface area contributed by atoms with Crippen molar-refractivity contribution in [1.29, 1.82) is 0 Å². The Morgan fingerprint density at radius 2 is 2.29 bits per heavy atom.